The van der Waals surface area contributed by atoms with Crippen molar-refractivity contribution >= 4 is 0 Å². The summed E-state index contributed by atoms with van der Waals surface area (Å²) in [5, 5.41) is 3.43. The zero-order chi connectivity index (χ0) is 14.7. The highest BCUT2D eigenvalue weighted by molar-refractivity contribution is 5.44. The van der Waals surface area contributed by atoms with Crippen LogP contribution in [0.15, 0.2) is 36.5 Å². The van der Waals surface area contributed by atoms with Crippen molar-refractivity contribution in [2.24, 2.45) is 0 Å². The van der Waals surface area contributed by atoms with Crippen LogP contribution in [-0.4, -0.2) is 11.8 Å². The second-order valence-corrected chi connectivity index (χ2v) is 4.93. The van der Waals surface area contributed by atoms with Crippen molar-refractivity contribution in [2.75, 3.05) is 6.79 Å². The Labute approximate surface area is 122 Å². The Kier molecular flexibility index (Phi) is 4.01. The van der Waals surface area contributed by atoms with Crippen LogP contribution in [0.25, 0.3) is 0 Å². The quantitative estimate of drug-likeness (QED) is 0.917. The van der Waals surface area contributed by atoms with E-state index in [0.29, 0.717) is 6.54 Å². The number of fused-ring (bicyclic) bond motifs is 1. The van der Waals surface area contributed by atoms with Crippen LogP contribution in [0.3, 0.4) is 0 Å². The smallest absolute Gasteiger partial charge is 0.231 e. The predicted molar refractivity (Wildman–Crippen MR) is 76.6 cm³/mol. The first-order valence-electron chi connectivity index (χ1n) is 6.99. The minimum atomic E-state index is -0.315. The Morgan fingerprint density at radius 3 is 2.86 bits per heavy atom. The molecule has 110 valence electrons. The second kappa shape index (κ2) is 6.10. The van der Waals surface area contributed by atoms with Gasteiger partial charge in [0.25, 0.3) is 0 Å². The first-order chi connectivity index (χ1) is 10.3. The molecule has 2 heterocycles. The summed E-state index contributed by atoms with van der Waals surface area (Å²) in [6.07, 6.45) is 2.13. The molecule has 0 fully saturated rings. The van der Waals surface area contributed by atoms with E-state index in [0.717, 1.165) is 29.2 Å². The molecule has 1 atom stereocenters. The molecule has 0 spiro atoms. The molecule has 1 aliphatic heterocycles. The van der Waals surface area contributed by atoms with E-state index in [4.69, 9.17) is 9.47 Å². The van der Waals surface area contributed by atoms with Crippen LogP contribution in [-0.2, 0) is 6.54 Å². The van der Waals surface area contributed by atoms with Crippen molar-refractivity contribution in [2.45, 2.75) is 25.9 Å². The molecule has 21 heavy (non-hydrogen) atoms. The molecule has 1 aliphatic rings. The molecule has 0 saturated heterocycles. The molecule has 0 bridgehead atoms. The second-order valence-electron chi connectivity index (χ2n) is 4.93. The molecule has 0 amide bonds. The maximum Gasteiger partial charge on any atom is 0.231 e. The SMILES string of the molecule is CCC(NCc1ccc2c(c1)OCO2)c1ccc(F)cn1. The fraction of sp³-hybridized carbons (Fsp3) is 0.312. The van der Waals surface area contributed by atoms with Crippen LogP contribution in [0.4, 0.5) is 4.39 Å². The molecule has 4 nitrogen and oxygen atoms in total. The Bertz CT molecular complexity index is 616. The summed E-state index contributed by atoms with van der Waals surface area (Å²) in [7, 11) is 0. The minimum Gasteiger partial charge on any atom is -0.454 e. The van der Waals surface area contributed by atoms with E-state index in [1.54, 1.807) is 6.07 Å². The molecule has 1 N–H and O–H groups in total. The zero-order valence-electron chi connectivity index (χ0n) is 11.8. The van der Waals surface area contributed by atoms with Gasteiger partial charge in [0.2, 0.25) is 6.79 Å². The summed E-state index contributed by atoms with van der Waals surface area (Å²) in [5.74, 6) is 1.25. The molecule has 2 aromatic rings. The number of pyridine rings is 1. The third-order valence-electron chi connectivity index (χ3n) is 3.51. The summed E-state index contributed by atoms with van der Waals surface area (Å²) in [6, 6.07) is 9.14. The number of hydrogen-bond acceptors (Lipinski definition) is 4. The van der Waals surface area contributed by atoms with Gasteiger partial charge in [-0.3, -0.25) is 4.98 Å². The molecule has 0 aliphatic carbocycles. The molecule has 1 unspecified atom stereocenters. The van der Waals surface area contributed by atoms with Gasteiger partial charge in [0.05, 0.1) is 11.9 Å². The van der Waals surface area contributed by atoms with Crippen LogP contribution >= 0.6 is 0 Å². The summed E-state index contributed by atoms with van der Waals surface area (Å²) in [4.78, 5) is 4.14. The highest BCUT2D eigenvalue weighted by Gasteiger charge is 2.14. The standard InChI is InChI=1S/C16H17FN2O2/c1-2-13(14-5-4-12(17)9-19-14)18-8-11-3-6-15-16(7-11)21-10-20-15/h3-7,9,13,18H,2,8,10H2,1H3. The van der Waals surface area contributed by atoms with Crippen LogP contribution in [0.2, 0.25) is 0 Å². The van der Waals surface area contributed by atoms with E-state index >= 15 is 0 Å². The van der Waals surface area contributed by atoms with Gasteiger partial charge in [-0.2, -0.15) is 0 Å². The Balaban J connectivity index is 1.66. The number of rotatable bonds is 5. The summed E-state index contributed by atoms with van der Waals surface area (Å²) in [5.41, 5.74) is 1.96. The van der Waals surface area contributed by atoms with Crippen molar-refractivity contribution < 1.29 is 13.9 Å². The van der Waals surface area contributed by atoms with Gasteiger partial charge < -0.3 is 14.8 Å². The van der Waals surface area contributed by atoms with Gasteiger partial charge in [-0.15, -0.1) is 0 Å². The molecule has 5 heteroatoms. The Hall–Kier alpha value is -2.14. The highest BCUT2D eigenvalue weighted by atomic mass is 19.1. The summed E-state index contributed by atoms with van der Waals surface area (Å²) < 4.78 is 23.6. The molecule has 3 rings (SSSR count). The van der Waals surface area contributed by atoms with Crippen molar-refractivity contribution in [3.8, 4) is 11.5 Å². The van der Waals surface area contributed by atoms with Gasteiger partial charge in [0.15, 0.2) is 11.5 Å². The summed E-state index contributed by atoms with van der Waals surface area (Å²) >= 11 is 0. The topological polar surface area (TPSA) is 43.4 Å². The monoisotopic (exact) mass is 288 g/mol. The number of hydrogen-bond donors (Lipinski definition) is 1. The van der Waals surface area contributed by atoms with Crippen molar-refractivity contribution in [3.05, 3.63) is 53.6 Å². The fourth-order valence-electron chi connectivity index (χ4n) is 2.34. The third kappa shape index (κ3) is 3.13. The molecule has 0 radical (unpaired) electrons. The van der Waals surface area contributed by atoms with Crippen molar-refractivity contribution in [3.63, 3.8) is 0 Å². The average molecular weight is 288 g/mol. The lowest BCUT2D eigenvalue weighted by molar-refractivity contribution is 0.174. The van der Waals surface area contributed by atoms with E-state index in [-0.39, 0.29) is 18.7 Å². The van der Waals surface area contributed by atoms with Gasteiger partial charge in [0, 0.05) is 12.6 Å². The minimum absolute atomic E-state index is 0.0935. The van der Waals surface area contributed by atoms with E-state index in [1.807, 2.05) is 18.2 Å². The summed E-state index contributed by atoms with van der Waals surface area (Å²) in [6.45, 7) is 3.04. The Morgan fingerprint density at radius 1 is 1.24 bits per heavy atom. The lowest BCUT2D eigenvalue weighted by atomic mass is 10.1. The number of benzene rings is 1. The Morgan fingerprint density at radius 2 is 2.10 bits per heavy atom. The first-order valence-corrected chi connectivity index (χ1v) is 6.99. The van der Waals surface area contributed by atoms with E-state index in [1.165, 1.54) is 12.3 Å². The van der Waals surface area contributed by atoms with E-state index in [9.17, 15) is 4.39 Å². The van der Waals surface area contributed by atoms with Crippen molar-refractivity contribution in [1.82, 2.24) is 10.3 Å². The van der Waals surface area contributed by atoms with Crippen LogP contribution in [0.1, 0.15) is 30.6 Å². The average Bonchev–Trinajstić information content (AvgIpc) is 2.97. The molecule has 0 saturated carbocycles. The van der Waals surface area contributed by atoms with E-state index < -0.39 is 0 Å². The zero-order valence-corrected chi connectivity index (χ0v) is 11.8. The molecule has 1 aromatic carbocycles. The van der Waals surface area contributed by atoms with Gasteiger partial charge in [-0.1, -0.05) is 13.0 Å². The maximum absolute atomic E-state index is 12.9. The third-order valence-corrected chi connectivity index (χ3v) is 3.51. The number of aromatic nitrogens is 1. The molecular weight excluding hydrogens is 271 g/mol. The maximum atomic E-state index is 12.9. The van der Waals surface area contributed by atoms with E-state index in [2.05, 4.69) is 17.2 Å². The molecule has 1 aromatic heterocycles. The largest absolute Gasteiger partial charge is 0.454 e. The van der Waals surface area contributed by atoms with Crippen molar-refractivity contribution in [1.29, 1.82) is 0 Å². The number of halogens is 1. The number of nitrogens with one attached hydrogen (secondary N) is 1. The van der Waals surface area contributed by atoms with Crippen LogP contribution in [0, 0.1) is 5.82 Å². The molecular formula is C16H17FN2O2. The van der Waals surface area contributed by atoms with Gasteiger partial charge in [-0.05, 0) is 36.2 Å². The van der Waals surface area contributed by atoms with Crippen LogP contribution < -0.4 is 14.8 Å². The predicted octanol–water partition coefficient (Wildman–Crippen LogP) is 3.19. The van der Waals surface area contributed by atoms with Gasteiger partial charge in [-0.25, -0.2) is 4.39 Å². The normalized spacial score (nSPS) is 14.2. The lowest BCUT2D eigenvalue weighted by Crippen LogP contribution is -2.21. The van der Waals surface area contributed by atoms with Gasteiger partial charge >= 0.3 is 0 Å². The number of nitrogens with zero attached hydrogens (tertiary/aromatic N) is 1. The fourth-order valence-corrected chi connectivity index (χ4v) is 2.34. The lowest BCUT2D eigenvalue weighted by Gasteiger charge is -2.16. The number of ether oxygens (including phenoxy) is 2. The van der Waals surface area contributed by atoms with Crippen LogP contribution in [0.5, 0.6) is 11.5 Å². The first kappa shape index (κ1) is 13.8. The highest BCUT2D eigenvalue weighted by Crippen LogP contribution is 2.32. The van der Waals surface area contributed by atoms with Gasteiger partial charge in [0.1, 0.15) is 5.82 Å².